The molecule has 0 saturated heterocycles. The first-order valence-electron chi connectivity index (χ1n) is 4.65. The Balaban J connectivity index is 2.87. The fraction of sp³-hybridized carbons (Fsp3) is 0.167. The van der Waals surface area contributed by atoms with E-state index in [1.165, 1.54) is 6.92 Å². The zero-order chi connectivity index (χ0) is 11.1. The summed E-state index contributed by atoms with van der Waals surface area (Å²) in [7, 11) is 0. The first-order chi connectivity index (χ1) is 7.24. The van der Waals surface area contributed by atoms with Crippen LogP contribution in [0.15, 0.2) is 48.1 Å². The predicted molar refractivity (Wildman–Crippen MR) is 59.6 cm³/mol. The lowest BCUT2D eigenvalue weighted by Crippen LogP contribution is -2.02. The molecule has 0 aliphatic rings. The summed E-state index contributed by atoms with van der Waals surface area (Å²) in [6.45, 7) is 4.95. The summed E-state index contributed by atoms with van der Waals surface area (Å²) >= 11 is 0. The number of rotatable bonds is 4. The van der Waals surface area contributed by atoms with Crippen LogP contribution < -0.4 is 0 Å². The molecule has 0 aliphatic carbocycles. The molecule has 0 N–H and O–H groups in total. The average molecular weight is 203 g/mol. The monoisotopic (exact) mass is 203 g/mol. The van der Waals surface area contributed by atoms with Gasteiger partial charge in [0, 0.05) is 13.3 Å². The Kier molecular flexibility index (Phi) is 4.29. The molecule has 3 heteroatoms. The van der Waals surface area contributed by atoms with E-state index < -0.39 is 5.97 Å². The van der Waals surface area contributed by atoms with E-state index in [0.717, 1.165) is 5.56 Å². The third kappa shape index (κ3) is 3.77. The number of allylic oxidation sites excluding steroid dienone is 1. The lowest BCUT2D eigenvalue weighted by molar-refractivity contribution is -0.140. The molecule has 0 aromatic heterocycles. The predicted octanol–water partition coefficient (Wildman–Crippen LogP) is 2.53. The second-order valence-electron chi connectivity index (χ2n) is 2.98. The third-order valence-electron chi connectivity index (χ3n) is 1.73. The maximum Gasteiger partial charge on any atom is 0.331 e. The topological polar surface area (TPSA) is 38.7 Å². The highest BCUT2D eigenvalue weighted by atomic mass is 16.7. The van der Waals surface area contributed by atoms with Crippen LogP contribution in [0, 0.1) is 0 Å². The van der Waals surface area contributed by atoms with Crippen LogP contribution in [0.4, 0.5) is 0 Å². The molecule has 1 rings (SSSR count). The molecular weight excluding hydrogens is 190 g/mol. The number of carbonyl (C=O) groups excluding carboxylic acids is 1. The summed E-state index contributed by atoms with van der Waals surface area (Å²) in [5.74, 6) is -0.424. The number of benzene rings is 1. The maximum atomic E-state index is 10.6. The van der Waals surface area contributed by atoms with Crippen LogP contribution in [0.25, 0.3) is 0 Å². The smallest absolute Gasteiger partial charge is 0.318 e. The average Bonchev–Trinajstić information content (AvgIpc) is 2.25. The van der Waals surface area contributed by atoms with E-state index in [1.807, 2.05) is 30.3 Å². The van der Waals surface area contributed by atoms with Crippen LogP contribution in [0.1, 0.15) is 18.9 Å². The van der Waals surface area contributed by atoms with Crippen LogP contribution in [0.3, 0.4) is 0 Å². The Morgan fingerprint density at radius 1 is 1.47 bits per heavy atom. The molecule has 78 valence electrons. The van der Waals surface area contributed by atoms with Crippen LogP contribution in [0.2, 0.25) is 0 Å². The summed E-state index contributed by atoms with van der Waals surface area (Å²) in [5.41, 5.74) is 1.62. The van der Waals surface area contributed by atoms with Crippen molar-refractivity contribution in [1.82, 2.24) is 0 Å². The Bertz CT molecular complexity index is 368. The van der Waals surface area contributed by atoms with Gasteiger partial charge >= 0.3 is 5.97 Å². The van der Waals surface area contributed by atoms with Gasteiger partial charge in [0.2, 0.25) is 0 Å². The summed E-state index contributed by atoms with van der Waals surface area (Å²) in [6, 6.07) is 9.54. The van der Waals surface area contributed by atoms with Gasteiger partial charge in [0.1, 0.15) is 0 Å². The van der Waals surface area contributed by atoms with Crippen molar-refractivity contribution in [3.8, 4) is 0 Å². The number of hydrogen-bond donors (Lipinski definition) is 0. The van der Waals surface area contributed by atoms with Crippen molar-refractivity contribution in [1.29, 1.82) is 0 Å². The van der Waals surface area contributed by atoms with Gasteiger partial charge in [0.25, 0.3) is 0 Å². The molecule has 0 heterocycles. The minimum atomic E-state index is -0.424. The number of carbonyl (C=O) groups is 1. The molecule has 0 spiro atoms. The Hall–Kier alpha value is -1.90. The second kappa shape index (κ2) is 5.75. The highest BCUT2D eigenvalue weighted by Crippen LogP contribution is 2.05. The van der Waals surface area contributed by atoms with E-state index in [9.17, 15) is 4.79 Å². The number of nitrogens with zero attached hydrogens (tertiary/aromatic N) is 1. The summed E-state index contributed by atoms with van der Waals surface area (Å²) < 4.78 is 0. The van der Waals surface area contributed by atoms with Crippen molar-refractivity contribution >= 4 is 11.7 Å². The van der Waals surface area contributed by atoms with Crippen LogP contribution in [0.5, 0.6) is 0 Å². The summed E-state index contributed by atoms with van der Waals surface area (Å²) in [6.07, 6.45) is 2.28. The fourth-order valence-electron chi connectivity index (χ4n) is 1.09. The molecule has 1 aromatic carbocycles. The summed E-state index contributed by atoms with van der Waals surface area (Å²) in [5, 5.41) is 3.78. The maximum absolute atomic E-state index is 10.6. The van der Waals surface area contributed by atoms with Crippen molar-refractivity contribution in [2.45, 2.75) is 13.3 Å². The Morgan fingerprint density at radius 2 is 2.13 bits per heavy atom. The standard InChI is InChI=1S/C12H13NO2/c1-3-7-12(13-15-10(2)14)11-8-5-4-6-9-11/h3-6,8-9H,1,7H2,2H3. The molecule has 0 fully saturated rings. The lowest BCUT2D eigenvalue weighted by Gasteiger charge is -2.02. The van der Waals surface area contributed by atoms with E-state index in [4.69, 9.17) is 0 Å². The minimum absolute atomic E-state index is 0.424. The highest BCUT2D eigenvalue weighted by molar-refractivity contribution is 6.01. The molecule has 0 aliphatic heterocycles. The SMILES string of the molecule is C=CCC(=NOC(C)=O)c1ccccc1. The van der Waals surface area contributed by atoms with Gasteiger partial charge in [-0.3, -0.25) is 0 Å². The number of oxime groups is 1. The van der Waals surface area contributed by atoms with Crippen molar-refractivity contribution in [3.05, 3.63) is 48.6 Å². The first kappa shape index (κ1) is 11.2. The van der Waals surface area contributed by atoms with Gasteiger partial charge in [-0.1, -0.05) is 41.6 Å². The molecule has 0 saturated carbocycles. The van der Waals surface area contributed by atoms with E-state index in [-0.39, 0.29) is 0 Å². The van der Waals surface area contributed by atoms with Crippen LogP contribution in [-0.4, -0.2) is 11.7 Å². The lowest BCUT2D eigenvalue weighted by atomic mass is 10.1. The van der Waals surface area contributed by atoms with Gasteiger partial charge in [-0.15, -0.1) is 6.58 Å². The van der Waals surface area contributed by atoms with Crippen LogP contribution in [-0.2, 0) is 9.63 Å². The zero-order valence-corrected chi connectivity index (χ0v) is 8.64. The quantitative estimate of drug-likeness (QED) is 0.326. The fourth-order valence-corrected chi connectivity index (χ4v) is 1.09. The van der Waals surface area contributed by atoms with E-state index in [0.29, 0.717) is 12.1 Å². The highest BCUT2D eigenvalue weighted by Gasteiger charge is 2.02. The molecule has 0 atom stereocenters. The van der Waals surface area contributed by atoms with Crippen molar-refractivity contribution in [2.24, 2.45) is 5.16 Å². The Labute approximate surface area is 89.1 Å². The molecule has 0 unspecified atom stereocenters. The van der Waals surface area contributed by atoms with E-state index in [2.05, 4.69) is 16.6 Å². The normalized spacial score (nSPS) is 10.9. The Morgan fingerprint density at radius 3 is 2.67 bits per heavy atom. The van der Waals surface area contributed by atoms with E-state index in [1.54, 1.807) is 6.08 Å². The van der Waals surface area contributed by atoms with Gasteiger partial charge in [-0.05, 0) is 5.56 Å². The van der Waals surface area contributed by atoms with Crippen molar-refractivity contribution in [2.75, 3.05) is 0 Å². The molecule has 0 radical (unpaired) electrons. The number of hydrogen-bond acceptors (Lipinski definition) is 3. The van der Waals surface area contributed by atoms with E-state index >= 15 is 0 Å². The first-order valence-corrected chi connectivity index (χ1v) is 4.65. The van der Waals surface area contributed by atoms with Crippen LogP contribution >= 0.6 is 0 Å². The summed E-state index contributed by atoms with van der Waals surface area (Å²) in [4.78, 5) is 15.2. The molecule has 1 aromatic rings. The molecule has 3 nitrogen and oxygen atoms in total. The third-order valence-corrected chi connectivity index (χ3v) is 1.73. The van der Waals surface area contributed by atoms with Crippen molar-refractivity contribution < 1.29 is 9.63 Å². The zero-order valence-electron chi connectivity index (χ0n) is 8.64. The van der Waals surface area contributed by atoms with Gasteiger partial charge < -0.3 is 4.84 Å². The largest absolute Gasteiger partial charge is 0.331 e. The van der Waals surface area contributed by atoms with Gasteiger partial charge in [0.15, 0.2) is 0 Å². The van der Waals surface area contributed by atoms with Gasteiger partial charge in [-0.2, -0.15) is 0 Å². The second-order valence-corrected chi connectivity index (χ2v) is 2.98. The molecular formula is C12H13NO2. The van der Waals surface area contributed by atoms with Gasteiger partial charge in [-0.25, -0.2) is 4.79 Å². The molecule has 15 heavy (non-hydrogen) atoms. The molecule has 0 bridgehead atoms. The minimum Gasteiger partial charge on any atom is -0.318 e. The van der Waals surface area contributed by atoms with Crippen molar-refractivity contribution in [3.63, 3.8) is 0 Å². The van der Waals surface area contributed by atoms with Gasteiger partial charge in [0.05, 0.1) is 5.71 Å². The molecule has 0 amide bonds.